The first-order chi connectivity index (χ1) is 8.75. The van der Waals surface area contributed by atoms with Crippen LogP contribution in [0, 0.1) is 11.8 Å². The molecule has 0 bridgehead atoms. The number of hydrogen-bond acceptors (Lipinski definition) is 1. The van der Waals surface area contributed by atoms with Gasteiger partial charge in [0.1, 0.15) is 0 Å². The van der Waals surface area contributed by atoms with Crippen LogP contribution in [-0.4, -0.2) is 12.5 Å². The molecule has 0 heterocycles. The summed E-state index contributed by atoms with van der Waals surface area (Å²) in [6, 6.07) is 10.2. The Labute approximate surface area is 109 Å². The number of rotatable bonds is 4. The van der Waals surface area contributed by atoms with E-state index in [0.29, 0.717) is 12.5 Å². The molecule has 0 aliphatic heterocycles. The normalized spacial score (nSPS) is 24.2. The molecule has 1 aliphatic carbocycles. The van der Waals surface area contributed by atoms with E-state index in [1.165, 1.54) is 24.8 Å². The van der Waals surface area contributed by atoms with Gasteiger partial charge in [0.05, 0.1) is 6.54 Å². The third-order valence-corrected chi connectivity index (χ3v) is 3.86. The molecule has 2 rings (SSSR count). The summed E-state index contributed by atoms with van der Waals surface area (Å²) in [5.41, 5.74) is 7.08. The molecule has 2 unspecified atom stereocenters. The van der Waals surface area contributed by atoms with Crippen LogP contribution >= 0.6 is 0 Å². The summed E-state index contributed by atoms with van der Waals surface area (Å²) in [6.07, 6.45) is 4.03. The molecule has 0 saturated heterocycles. The number of guanidine groups is 1. The minimum absolute atomic E-state index is 0.568. The molecule has 3 heteroatoms. The molecule has 1 aliphatic rings. The Hall–Kier alpha value is -1.51. The Kier molecular flexibility index (Phi) is 4.62. The van der Waals surface area contributed by atoms with Crippen molar-refractivity contribution in [3.05, 3.63) is 35.9 Å². The second-order valence-electron chi connectivity index (χ2n) is 5.24. The SMILES string of the molecule is CC1CCCC1CNC(N)=NCc1ccccc1. The lowest BCUT2D eigenvalue weighted by Gasteiger charge is -2.16. The fraction of sp³-hybridized carbons (Fsp3) is 0.533. The lowest BCUT2D eigenvalue weighted by molar-refractivity contribution is 0.414. The second-order valence-corrected chi connectivity index (χ2v) is 5.24. The van der Waals surface area contributed by atoms with Crippen LogP contribution < -0.4 is 11.1 Å². The molecule has 3 nitrogen and oxygen atoms in total. The van der Waals surface area contributed by atoms with Crippen molar-refractivity contribution >= 4 is 5.96 Å². The van der Waals surface area contributed by atoms with Gasteiger partial charge in [-0.05, 0) is 23.8 Å². The molecule has 1 aromatic carbocycles. The van der Waals surface area contributed by atoms with Gasteiger partial charge >= 0.3 is 0 Å². The fourth-order valence-corrected chi connectivity index (χ4v) is 2.58. The molecule has 18 heavy (non-hydrogen) atoms. The Balaban J connectivity index is 1.75. The Bertz CT molecular complexity index is 386. The molecular weight excluding hydrogens is 222 g/mol. The maximum atomic E-state index is 5.88. The average Bonchev–Trinajstić information content (AvgIpc) is 2.81. The average molecular weight is 245 g/mol. The van der Waals surface area contributed by atoms with Crippen LogP contribution in [0.15, 0.2) is 35.3 Å². The Morgan fingerprint density at radius 2 is 2.11 bits per heavy atom. The van der Waals surface area contributed by atoms with Crippen molar-refractivity contribution in [2.75, 3.05) is 6.54 Å². The van der Waals surface area contributed by atoms with Crippen molar-refractivity contribution in [1.29, 1.82) is 0 Å². The van der Waals surface area contributed by atoms with Crippen LogP contribution in [0.4, 0.5) is 0 Å². The highest BCUT2D eigenvalue weighted by Gasteiger charge is 2.22. The van der Waals surface area contributed by atoms with Crippen molar-refractivity contribution < 1.29 is 0 Å². The van der Waals surface area contributed by atoms with Crippen LogP contribution in [0.2, 0.25) is 0 Å². The zero-order valence-corrected chi connectivity index (χ0v) is 11.1. The fourth-order valence-electron chi connectivity index (χ4n) is 2.58. The van der Waals surface area contributed by atoms with Crippen molar-refractivity contribution in [2.45, 2.75) is 32.7 Å². The van der Waals surface area contributed by atoms with Crippen molar-refractivity contribution in [3.63, 3.8) is 0 Å². The number of nitrogens with zero attached hydrogens (tertiary/aromatic N) is 1. The van der Waals surface area contributed by atoms with Crippen LogP contribution in [0.3, 0.4) is 0 Å². The minimum Gasteiger partial charge on any atom is -0.370 e. The number of benzene rings is 1. The standard InChI is InChI=1S/C15H23N3/c1-12-6-5-9-14(12)11-18-15(16)17-10-13-7-3-2-4-8-13/h2-4,7-8,12,14H,5-6,9-11H2,1H3,(H3,16,17,18). The summed E-state index contributed by atoms with van der Waals surface area (Å²) < 4.78 is 0. The summed E-state index contributed by atoms with van der Waals surface area (Å²) >= 11 is 0. The van der Waals surface area contributed by atoms with Crippen molar-refractivity contribution in [2.24, 2.45) is 22.6 Å². The topological polar surface area (TPSA) is 50.4 Å². The third kappa shape index (κ3) is 3.76. The summed E-state index contributed by atoms with van der Waals surface area (Å²) in [5.74, 6) is 2.15. The smallest absolute Gasteiger partial charge is 0.188 e. The molecule has 3 N–H and O–H groups in total. The minimum atomic E-state index is 0.568. The van der Waals surface area contributed by atoms with Gasteiger partial charge in [-0.3, -0.25) is 0 Å². The quantitative estimate of drug-likeness (QED) is 0.632. The third-order valence-electron chi connectivity index (χ3n) is 3.86. The van der Waals surface area contributed by atoms with E-state index in [-0.39, 0.29) is 0 Å². The van der Waals surface area contributed by atoms with Gasteiger partial charge in [-0.15, -0.1) is 0 Å². The molecular formula is C15H23N3. The van der Waals surface area contributed by atoms with E-state index >= 15 is 0 Å². The summed E-state index contributed by atoms with van der Waals surface area (Å²) in [4.78, 5) is 4.36. The molecule has 1 saturated carbocycles. The molecule has 0 aromatic heterocycles. The maximum Gasteiger partial charge on any atom is 0.188 e. The predicted octanol–water partition coefficient (Wildman–Crippen LogP) is 2.53. The van der Waals surface area contributed by atoms with Gasteiger partial charge in [0.15, 0.2) is 5.96 Å². The van der Waals surface area contributed by atoms with Crippen LogP contribution in [0.25, 0.3) is 0 Å². The van der Waals surface area contributed by atoms with E-state index in [1.54, 1.807) is 0 Å². The van der Waals surface area contributed by atoms with Gasteiger partial charge in [-0.2, -0.15) is 0 Å². The predicted molar refractivity (Wildman–Crippen MR) is 76.3 cm³/mol. The largest absolute Gasteiger partial charge is 0.370 e. The summed E-state index contributed by atoms with van der Waals surface area (Å²) in [7, 11) is 0. The zero-order valence-electron chi connectivity index (χ0n) is 11.1. The number of nitrogens with one attached hydrogen (secondary N) is 1. The van der Waals surface area contributed by atoms with E-state index in [2.05, 4.69) is 29.4 Å². The van der Waals surface area contributed by atoms with E-state index in [9.17, 15) is 0 Å². The van der Waals surface area contributed by atoms with E-state index in [0.717, 1.165) is 18.4 Å². The lowest BCUT2D eigenvalue weighted by Crippen LogP contribution is -2.36. The van der Waals surface area contributed by atoms with Gasteiger partial charge in [-0.25, -0.2) is 4.99 Å². The zero-order chi connectivity index (χ0) is 12.8. The molecule has 2 atom stereocenters. The highest BCUT2D eigenvalue weighted by Crippen LogP contribution is 2.30. The van der Waals surface area contributed by atoms with E-state index in [4.69, 9.17) is 5.73 Å². The summed E-state index contributed by atoms with van der Waals surface area (Å²) in [5, 5.41) is 3.25. The maximum absolute atomic E-state index is 5.88. The second kappa shape index (κ2) is 6.43. The molecule has 1 aromatic rings. The molecule has 0 radical (unpaired) electrons. The molecule has 0 spiro atoms. The first-order valence-electron chi connectivity index (χ1n) is 6.83. The van der Waals surface area contributed by atoms with Crippen molar-refractivity contribution in [3.8, 4) is 0 Å². The van der Waals surface area contributed by atoms with Gasteiger partial charge in [0, 0.05) is 6.54 Å². The van der Waals surface area contributed by atoms with Gasteiger partial charge in [-0.1, -0.05) is 50.1 Å². The van der Waals surface area contributed by atoms with Gasteiger partial charge in [0.2, 0.25) is 0 Å². The van der Waals surface area contributed by atoms with E-state index in [1.807, 2.05) is 18.2 Å². The first kappa shape index (κ1) is 12.9. The Morgan fingerprint density at radius 1 is 1.33 bits per heavy atom. The number of aliphatic imine (C=N–C) groups is 1. The highest BCUT2D eigenvalue weighted by molar-refractivity contribution is 5.77. The van der Waals surface area contributed by atoms with Gasteiger partial charge < -0.3 is 11.1 Å². The number of hydrogen-bond donors (Lipinski definition) is 2. The Morgan fingerprint density at radius 3 is 2.78 bits per heavy atom. The molecule has 0 amide bonds. The number of nitrogens with two attached hydrogens (primary N) is 1. The summed E-state index contributed by atoms with van der Waals surface area (Å²) in [6.45, 7) is 3.95. The van der Waals surface area contributed by atoms with Crippen LogP contribution in [0.1, 0.15) is 31.7 Å². The molecule has 1 fully saturated rings. The highest BCUT2D eigenvalue weighted by atomic mass is 15.1. The van der Waals surface area contributed by atoms with Crippen LogP contribution in [-0.2, 0) is 6.54 Å². The molecule has 98 valence electrons. The van der Waals surface area contributed by atoms with Crippen molar-refractivity contribution in [1.82, 2.24) is 5.32 Å². The first-order valence-corrected chi connectivity index (χ1v) is 6.83. The van der Waals surface area contributed by atoms with E-state index < -0.39 is 0 Å². The van der Waals surface area contributed by atoms with Gasteiger partial charge in [0.25, 0.3) is 0 Å². The monoisotopic (exact) mass is 245 g/mol. The lowest BCUT2D eigenvalue weighted by atomic mass is 9.98. The van der Waals surface area contributed by atoms with Crippen LogP contribution in [0.5, 0.6) is 0 Å².